The lowest BCUT2D eigenvalue weighted by Crippen LogP contribution is -2.38. The third-order valence-corrected chi connectivity index (χ3v) is 4.20. The second kappa shape index (κ2) is 8.00. The molecule has 0 fully saturated rings. The van der Waals surface area contributed by atoms with Gasteiger partial charge in [-0.05, 0) is 62.9 Å². The second-order valence-corrected chi connectivity index (χ2v) is 6.41. The van der Waals surface area contributed by atoms with Crippen molar-refractivity contribution in [3.63, 3.8) is 0 Å². The molecule has 3 nitrogen and oxygen atoms in total. The highest BCUT2D eigenvalue weighted by Gasteiger charge is 2.20. The standard InChI is InChI=1S/C21H27NO2/c1-6-20(19-11-10-15(3)12-16(19)4)22-21(23)17(5)24-18-9-7-8-14(2)13-18/h7-13,17,20H,6H2,1-5H3,(H,22,23)/t17-,20-/m1/s1. The lowest BCUT2D eigenvalue weighted by molar-refractivity contribution is -0.128. The first-order valence-electron chi connectivity index (χ1n) is 8.51. The Morgan fingerprint density at radius 2 is 1.79 bits per heavy atom. The predicted molar refractivity (Wildman–Crippen MR) is 98.4 cm³/mol. The van der Waals surface area contributed by atoms with Crippen LogP contribution in [0.25, 0.3) is 0 Å². The normalized spacial score (nSPS) is 13.2. The van der Waals surface area contributed by atoms with E-state index >= 15 is 0 Å². The van der Waals surface area contributed by atoms with Crippen molar-refractivity contribution in [2.24, 2.45) is 0 Å². The summed E-state index contributed by atoms with van der Waals surface area (Å²) in [7, 11) is 0. The Bertz CT molecular complexity index is 709. The SMILES string of the molecule is CC[C@@H](NC(=O)[C@@H](C)Oc1cccc(C)c1)c1ccc(C)cc1C. The molecule has 2 rings (SSSR count). The molecular weight excluding hydrogens is 298 g/mol. The number of hydrogen-bond donors (Lipinski definition) is 1. The highest BCUT2D eigenvalue weighted by atomic mass is 16.5. The van der Waals surface area contributed by atoms with E-state index in [1.165, 1.54) is 16.7 Å². The lowest BCUT2D eigenvalue weighted by atomic mass is 9.97. The van der Waals surface area contributed by atoms with Crippen LogP contribution in [0.15, 0.2) is 42.5 Å². The summed E-state index contributed by atoms with van der Waals surface area (Å²) in [6, 6.07) is 14.1. The summed E-state index contributed by atoms with van der Waals surface area (Å²) in [5, 5.41) is 3.11. The quantitative estimate of drug-likeness (QED) is 0.840. The van der Waals surface area contributed by atoms with E-state index in [9.17, 15) is 4.79 Å². The Morgan fingerprint density at radius 3 is 2.42 bits per heavy atom. The third kappa shape index (κ3) is 4.60. The van der Waals surface area contributed by atoms with Gasteiger partial charge < -0.3 is 10.1 Å². The Kier molecular flexibility index (Phi) is 6.02. The second-order valence-electron chi connectivity index (χ2n) is 6.41. The van der Waals surface area contributed by atoms with Gasteiger partial charge in [0.1, 0.15) is 5.75 Å². The number of nitrogens with one attached hydrogen (secondary N) is 1. The molecule has 1 amide bonds. The van der Waals surface area contributed by atoms with Gasteiger partial charge in [-0.25, -0.2) is 0 Å². The Labute approximate surface area is 145 Å². The van der Waals surface area contributed by atoms with Crippen LogP contribution < -0.4 is 10.1 Å². The van der Waals surface area contributed by atoms with Crippen molar-refractivity contribution in [1.82, 2.24) is 5.32 Å². The van der Waals surface area contributed by atoms with Crippen LogP contribution in [0.3, 0.4) is 0 Å². The molecule has 0 aromatic heterocycles. The fourth-order valence-electron chi connectivity index (χ4n) is 2.85. The number of aryl methyl sites for hydroxylation is 3. The number of carbonyl (C=O) groups excluding carboxylic acids is 1. The molecule has 0 unspecified atom stereocenters. The van der Waals surface area contributed by atoms with Crippen LogP contribution in [0.2, 0.25) is 0 Å². The largest absolute Gasteiger partial charge is 0.481 e. The van der Waals surface area contributed by atoms with Gasteiger partial charge in [0, 0.05) is 0 Å². The minimum Gasteiger partial charge on any atom is -0.481 e. The highest BCUT2D eigenvalue weighted by molar-refractivity contribution is 5.81. The molecule has 3 heteroatoms. The molecular formula is C21H27NO2. The zero-order valence-electron chi connectivity index (χ0n) is 15.2. The highest BCUT2D eigenvalue weighted by Crippen LogP contribution is 2.22. The van der Waals surface area contributed by atoms with Crippen molar-refractivity contribution in [1.29, 1.82) is 0 Å². The van der Waals surface area contributed by atoms with Crippen molar-refractivity contribution in [2.75, 3.05) is 0 Å². The molecule has 0 radical (unpaired) electrons. The zero-order chi connectivity index (χ0) is 17.7. The fraction of sp³-hybridized carbons (Fsp3) is 0.381. The average molecular weight is 325 g/mol. The van der Waals surface area contributed by atoms with Crippen molar-refractivity contribution in [2.45, 2.75) is 53.2 Å². The van der Waals surface area contributed by atoms with Gasteiger partial charge in [-0.15, -0.1) is 0 Å². The maximum absolute atomic E-state index is 12.5. The molecule has 2 aromatic carbocycles. The number of hydrogen-bond acceptors (Lipinski definition) is 2. The lowest BCUT2D eigenvalue weighted by Gasteiger charge is -2.22. The van der Waals surface area contributed by atoms with Crippen LogP contribution in [0, 0.1) is 20.8 Å². The van der Waals surface area contributed by atoms with Crippen LogP contribution in [0.4, 0.5) is 0 Å². The Hall–Kier alpha value is -2.29. The van der Waals surface area contributed by atoms with Crippen LogP contribution >= 0.6 is 0 Å². The molecule has 2 atom stereocenters. The van der Waals surface area contributed by atoms with Gasteiger partial charge in [-0.1, -0.05) is 42.8 Å². The molecule has 0 aliphatic carbocycles. The Morgan fingerprint density at radius 1 is 1.08 bits per heavy atom. The molecule has 0 saturated heterocycles. The van der Waals surface area contributed by atoms with Gasteiger partial charge in [0.2, 0.25) is 0 Å². The summed E-state index contributed by atoms with van der Waals surface area (Å²) in [5.41, 5.74) is 4.71. The molecule has 0 spiro atoms. The van der Waals surface area contributed by atoms with Crippen LogP contribution in [0.1, 0.15) is 48.6 Å². The molecule has 0 heterocycles. The number of ether oxygens (including phenoxy) is 1. The predicted octanol–water partition coefficient (Wildman–Crippen LogP) is 4.65. The van der Waals surface area contributed by atoms with Crippen molar-refractivity contribution in [3.05, 3.63) is 64.7 Å². The summed E-state index contributed by atoms with van der Waals surface area (Å²) in [6.07, 6.45) is 0.305. The van der Waals surface area contributed by atoms with Crippen LogP contribution in [-0.4, -0.2) is 12.0 Å². The summed E-state index contributed by atoms with van der Waals surface area (Å²) < 4.78 is 5.78. The molecule has 0 bridgehead atoms. The smallest absolute Gasteiger partial charge is 0.261 e. The summed E-state index contributed by atoms with van der Waals surface area (Å²) in [5.74, 6) is 0.626. The van der Waals surface area contributed by atoms with E-state index in [4.69, 9.17) is 4.74 Å². The van der Waals surface area contributed by atoms with Gasteiger partial charge in [0.15, 0.2) is 6.10 Å². The third-order valence-electron chi connectivity index (χ3n) is 4.20. The van der Waals surface area contributed by atoms with E-state index in [2.05, 4.69) is 44.3 Å². The first-order chi connectivity index (χ1) is 11.4. The van der Waals surface area contributed by atoms with Crippen molar-refractivity contribution in [3.8, 4) is 5.75 Å². The molecule has 0 aliphatic rings. The van der Waals surface area contributed by atoms with Gasteiger partial charge in [0.25, 0.3) is 5.91 Å². The van der Waals surface area contributed by atoms with E-state index in [-0.39, 0.29) is 11.9 Å². The van der Waals surface area contributed by atoms with Crippen LogP contribution in [-0.2, 0) is 4.79 Å². The van der Waals surface area contributed by atoms with E-state index in [0.29, 0.717) is 0 Å². The van der Waals surface area contributed by atoms with Crippen molar-refractivity contribution < 1.29 is 9.53 Å². The van der Waals surface area contributed by atoms with Gasteiger partial charge >= 0.3 is 0 Å². The van der Waals surface area contributed by atoms with Crippen LogP contribution in [0.5, 0.6) is 5.75 Å². The zero-order valence-corrected chi connectivity index (χ0v) is 15.2. The number of benzene rings is 2. The number of rotatable bonds is 6. The van der Waals surface area contributed by atoms with Crippen molar-refractivity contribution >= 4 is 5.91 Å². The minimum absolute atomic E-state index is 0.00154. The maximum atomic E-state index is 12.5. The van der Waals surface area contributed by atoms with Gasteiger partial charge in [-0.3, -0.25) is 4.79 Å². The molecule has 24 heavy (non-hydrogen) atoms. The molecule has 2 aromatic rings. The Balaban J connectivity index is 2.05. The topological polar surface area (TPSA) is 38.3 Å². The average Bonchev–Trinajstić information content (AvgIpc) is 2.53. The summed E-state index contributed by atoms with van der Waals surface area (Å²) in [4.78, 5) is 12.5. The molecule has 0 aliphatic heterocycles. The molecule has 128 valence electrons. The van der Waals surface area contributed by atoms with E-state index in [1.54, 1.807) is 6.92 Å². The monoisotopic (exact) mass is 325 g/mol. The number of amides is 1. The first kappa shape index (κ1) is 18.1. The fourth-order valence-corrected chi connectivity index (χ4v) is 2.85. The van der Waals surface area contributed by atoms with Gasteiger partial charge in [0.05, 0.1) is 6.04 Å². The first-order valence-corrected chi connectivity index (χ1v) is 8.51. The molecule has 1 N–H and O–H groups in total. The maximum Gasteiger partial charge on any atom is 0.261 e. The summed E-state index contributed by atoms with van der Waals surface area (Å²) >= 11 is 0. The van der Waals surface area contributed by atoms with E-state index in [0.717, 1.165) is 17.7 Å². The summed E-state index contributed by atoms with van der Waals surface area (Å²) in [6.45, 7) is 10.0. The van der Waals surface area contributed by atoms with Gasteiger partial charge in [-0.2, -0.15) is 0 Å². The van der Waals surface area contributed by atoms with E-state index in [1.807, 2.05) is 31.2 Å². The van der Waals surface area contributed by atoms with E-state index < -0.39 is 6.10 Å². The molecule has 0 saturated carbocycles. The minimum atomic E-state index is -0.536. The number of carbonyl (C=O) groups is 1.